The summed E-state index contributed by atoms with van der Waals surface area (Å²) in [6.07, 6.45) is 7.37. The Bertz CT molecular complexity index is 1660. The lowest BCUT2D eigenvalue weighted by Gasteiger charge is -2.35. The van der Waals surface area contributed by atoms with Crippen molar-refractivity contribution in [2.45, 2.75) is 12.2 Å². The van der Waals surface area contributed by atoms with Crippen LogP contribution in [0.5, 0.6) is 11.5 Å². The minimum atomic E-state index is -0.164. The molecule has 0 bridgehead atoms. The number of nitrogens with one attached hydrogen (secondary N) is 1. The highest BCUT2D eigenvalue weighted by molar-refractivity contribution is 9.11. The Morgan fingerprint density at radius 1 is 0.756 bits per heavy atom. The Morgan fingerprint density at radius 2 is 1.27 bits per heavy atom. The molecule has 2 fully saturated rings. The molecule has 0 spiro atoms. The van der Waals surface area contributed by atoms with Gasteiger partial charge < -0.3 is 29.7 Å². The van der Waals surface area contributed by atoms with Crippen LogP contribution >= 0.6 is 47.8 Å². The number of nitrogen functional groups attached to an aromatic ring is 1. The van der Waals surface area contributed by atoms with Gasteiger partial charge in [-0.25, -0.2) is 9.97 Å². The standard InChI is InChI=1S/C15H17BrN4O2.C9H11BrN2O.C6H7BrN2O/c1-19-8-12(9-19)22-11-3-4-14(17-6-11)18-13-5-10(16)7-20(2)15(13)21;1-12-5-8(6-12)13-7-2-3-9(10)11-4-7;1-9-3-4(7)2-5(8)6(9)10/h3-7,12H,8-9H2,1-2H3,(H,17,18);2-4,8H,5-6H2,1H3;2-3H,8H2,1H3. The summed E-state index contributed by atoms with van der Waals surface area (Å²) in [4.78, 5) is 35.8. The lowest BCUT2D eigenvalue weighted by molar-refractivity contribution is 0.0384. The first kappa shape index (κ1) is 34.6. The zero-order chi connectivity index (χ0) is 32.7. The van der Waals surface area contributed by atoms with Gasteiger partial charge in [0, 0.05) is 61.6 Å². The first-order valence-electron chi connectivity index (χ1n) is 13.9. The summed E-state index contributed by atoms with van der Waals surface area (Å²) >= 11 is 9.86. The van der Waals surface area contributed by atoms with Gasteiger partial charge in [0.15, 0.2) is 0 Å². The van der Waals surface area contributed by atoms with E-state index in [9.17, 15) is 9.59 Å². The van der Waals surface area contributed by atoms with E-state index >= 15 is 0 Å². The number of nitrogens with zero attached hydrogens (tertiary/aromatic N) is 6. The second-order valence-corrected chi connectivity index (χ2v) is 13.4. The molecular formula is C30H35Br3N8O4. The number of ether oxygens (including phenoxy) is 2. The Hall–Kier alpha value is -3.24. The van der Waals surface area contributed by atoms with E-state index < -0.39 is 0 Å². The summed E-state index contributed by atoms with van der Waals surface area (Å²) < 4.78 is 16.8. The predicted octanol–water partition coefficient (Wildman–Crippen LogP) is 4.25. The number of halogens is 3. The molecule has 6 rings (SSSR count). The molecule has 3 N–H and O–H groups in total. The average molecular weight is 811 g/mol. The number of hydrogen-bond donors (Lipinski definition) is 2. The van der Waals surface area contributed by atoms with E-state index in [1.54, 1.807) is 57.1 Å². The van der Waals surface area contributed by atoms with Crippen LogP contribution in [0.15, 0.2) is 84.3 Å². The molecule has 15 heteroatoms. The van der Waals surface area contributed by atoms with Crippen molar-refractivity contribution >= 4 is 65.0 Å². The van der Waals surface area contributed by atoms with Gasteiger partial charge in [-0.3, -0.25) is 19.4 Å². The third-order valence-electron chi connectivity index (χ3n) is 6.69. The first-order valence-corrected chi connectivity index (χ1v) is 16.3. The topological polar surface area (TPSA) is 133 Å². The monoisotopic (exact) mass is 808 g/mol. The number of aromatic nitrogens is 4. The minimum absolute atomic E-state index is 0.108. The van der Waals surface area contributed by atoms with Gasteiger partial charge in [0.2, 0.25) is 0 Å². The quantitative estimate of drug-likeness (QED) is 0.273. The molecule has 0 aliphatic carbocycles. The lowest BCUT2D eigenvalue weighted by Crippen LogP contribution is -2.51. The van der Waals surface area contributed by atoms with Crippen LogP contribution in [0.25, 0.3) is 0 Å². The van der Waals surface area contributed by atoms with Crippen molar-refractivity contribution in [3.63, 3.8) is 0 Å². The van der Waals surface area contributed by atoms with Gasteiger partial charge >= 0.3 is 0 Å². The van der Waals surface area contributed by atoms with E-state index in [0.29, 0.717) is 17.6 Å². The second kappa shape index (κ2) is 15.9. The van der Waals surface area contributed by atoms with Crippen LogP contribution in [0.1, 0.15) is 0 Å². The summed E-state index contributed by atoms with van der Waals surface area (Å²) in [6.45, 7) is 3.90. The van der Waals surface area contributed by atoms with Crippen LogP contribution in [-0.2, 0) is 14.1 Å². The van der Waals surface area contributed by atoms with E-state index in [0.717, 1.165) is 51.2 Å². The molecule has 0 saturated carbocycles. The Labute approximate surface area is 286 Å². The second-order valence-electron chi connectivity index (χ2n) is 10.8. The van der Waals surface area contributed by atoms with Crippen molar-refractivity contribution < 1.29 is 9.47 Å². The van der Waals surface area contributed by atoms with Crippen LogP contribution in [0.3, 0.4) is 0 Å². The van der Waals surface area contributed by atoms with Gasteiger partial charge in [-0.15, -0.1) is 0 Å². The van der Waals surface area contributed by atoms with Gasteiger partial charge in [-0.05, 0) is 98.3 Å². The highest BCUT2D eigenvalue weighted by Gasteiger charge is 2.25. The SMILES string of the molecule is CN1CC(Oc2ccc(Br)nc2)C1.CN1CC(Oc2ccc(Nc3cc(Br)cn(C)c3=O)nc2)C1.Cn1cc(Br)cc(N)c1=O. The highest BCUT2D eigenvalue weighted by Crippen LogP contribution is 2.20. The number of pyridine rings is 4. The molecule has 0 atom stereocenters. The predicted molar refractivity (Wildman–Crippen MR) is 186 cm³/mol. The molecule has 240 valence electrons. The van der Waals surface area contributed by atoms with Crippen LogP contribution in [0.4, 0.5) is 17.2 Å². The van der Waals surface area contributed by atoms with Crippen molar-refractivity contribution in [2.24, 2.45) is 14.1 Å². The largest absolute Gasteiger partial charge is 0.486 e. The molecule has 2 aliphatic rings. The maximum atomic E-state index is 12.0. The molecule has 0 amide bonds. The summed E-state index contributed by atoms with van der Waals surface area (Å²) in [6, 6.07) is 10.8. The van der Waals surface area contributed by atoms with Gasteiger partial charge in [0.1, 0.15) is 39.8 Å². The number of rotatable bonds is 6. The molecule has 2 aliphatic heterocycles. The average Bonchev–Trinajstić information content (AvgIpc) is 2.95. The molecule has 4 aromatic heterocycles. The fourth-order valence-electron chi connectivity index (χ4n) is 4.37. The van der Waals surface area contributed by atoms with E-state index in [4.69, 9.17) is 15.2 Å². The van der Waals surface area contributed by atoms with Crippen LogP contribution in [0.2, 0.25) is 0 Å². The molecule has 0 radical (unpaired) electrons. The van der Waals surface area contributed by atoms with E-state index in [1.807, 2.05) is 18.2 Å². The summed E-state index contributed by atoms with van der Waals surface area (Å²) in [5.41, 5.74) is 5.82. The molecule has 0 unspecified atom stereocenters. The normalized spacial score (nSPS) is 15.0. The number of aryl methyl sites for hydroxylation is 2. The van der Waals surface area contributed by atoms with Crippen molar-refractivity contribution in [2.75, 3.05) is 51.3 Å². The molecule has 12 nitrogen and oxygen atoms in total. The molecule has 45 heavy (non-hydrogen) atoms. The number of hydrogen-bond acceptors (Lipinski definition) is 10. The Kier molecular flexibility index (Phi) is 12.2. The first-order chi connectivity index (χ1) is 21.4. The van der Waals surface area contributed by atoms with Crippen LogP contribution < -0.4 is 31.6 Å². The molecule has 2 saturated heterocycles. The van der Waals surface area contributed by atoms with E-state index in [1.165, 1.54) is 9.13 Å². The number of anilines is 3. The third kappa shape index (κ3) is 10.4. The van der Waals surface area contributed by atoms with Crippen molar-refractivity contribution in [1.29, 1.82) is 0 Å². The molecule has 0 aromatic carbocycles. The molecule has 4 aromatic rings. The van der Waals surface area contributed by atoms with Crippen molar-refractivity contribution in [1.82, 2.24) is 28.9 Å². The Morgan fingerprint density at radius 3 is 1.73 bits per heavy atom. The zero-order valence-corrected chi connectivity index (χ0v) is 30.0. The highest BCUT2D eigenvalue weighted by atomic mass is 79.9. The summed E-state index contributed by atoms with van der Waals surface area (Å²) in [5, 5.41) is 3.03. The zero-order valence-electron chi connectivity index (χ0n) is 25.3. The smallest absolute Gasteiger partial charge is 0.274 e. The number of nitrogens with two attached hydrogens (primary N) is 1. The summed E-state index contributed by atoms with van der Waals surface area (Å²) in [5.74, 6) is 2.19. The maximum absolute atomic E-state index is 12.0. The fraction of sp³-hybridized carbons (Fsp3) is 0.333. The van der Waals surface area contributed by atoms with Crippen LogP contribution in [0, 0.1) is 0 Å². The van der Waals surface area contributed by atoms with Crippen molar-refractivity contribution in [3.05, 3.63) is 95.4 Å². The van der Waals surface area contributed by atoms with Gasteiger partial charge in [0.05, 0.1) is 18.1 Å². The summed E-state index contributed by atoms with van der Waals surface area (Å²) in [7, 11) is 7.51. The van der Waals surface area contributed by atoms with Crippen molar-refractivity contribution in [3.8, 4) is 11.5 Å². The minimum Gasteiger partial charge on any atom is -0.486 e. The van der Waals surface area contributed by atoms with E-state index in [-0.39, 0.29) is 22.9 Å². The Balaban J connectivity index is 0.000000170. The van der Waals surface area contributed by atoms with E-state index in [2.05, 4.69) is 87.0 Å². The third-order valence-corrected chi connectivity index (χ3v) is 8.03. The maximum Gasteiger partial charge on any atom is 0.274 e. The van der Waals surface area contributed by atoms with Gasteiger partial charge in [-0.2, -0.15) is 0 Å². The number of likely N-dealkylation sites (tertiary alicyclic amines) is 2. The van der Waals surface area contributed by atoms with Gasteiger partial charge in [0.25, 0.3) is 11.1 Å². The number of likely N-dealkylation sites (N-methyl/N-ethyl adjacent to an activating group) is 2. The lowest BCUT2D eigenvalue weighted by atomic mass is 10.2. The van der Waals surface area contributed by atoms with Crippen LogP contribution in [-0.4, -0.2) is 81.4 Å². The molecule has 6 heterocycles. The molecular weight excluding hydrogens is 776 g/mol. The fourth-order valence-corrected chi connectivity index (χ4v) is 5.69. The van der Waals surface area contributed by atoms with Gasteiger partial charge in [-0.1, -0.05) is 0 Å².